The fourth-order valence-corrected chi connectivity index (χ4v) is 4.42. The molecule has 0 radical (unpaired) electrons. The first-order valence-corrected chi connectivity index (χ1v) is 7.95. The summed E-state index contributed by atoms with van der Waals surface area (Å²) in [5.74, 6) is 0. The van der Waals surface area contributed by atoms with Crippen LogP contribution >= 0.6 is 0 Å². The maximum absolute atomic E-state index is 12.7. The van der Waals surface area contributed by atoms with Crippen LogP contribution < -0.4 is 0 Å². The molecule has 1 aliphatic rings. The van der Waals surface area contributed by atoms with Crippen molar-refractivity contribution in [3.8, 4) is 0 Å². The van der Waals surface area contributed by atoms with Crippen LogP contribution in [-0.2, 0) is 14.8 Å². The van der Waals surface area contributed by atoms with Gasteiger partial charge in [-0.1, -0.05) is 24.1 Å². The molecule has 0 amide bonds. The molecule has 1 fully saturated rings. The summed E-state index contributed by atoms with van der Waals surface area (Å²) in [5.41, 5.74) is 1.76. The number of hydrogen-bond donors (Lipinski definition) is 0. The second kappa shape index (κ2) is 5.43. The van der Waals surface area contributed by atoms with Gasteiger partial charge in [-0.3, -0.25) is 0 Å². The number of benzene rings is 1. The maximum Gasteiger partial charge on any atom is 0.243 e. The smallest absolute Gasteiger partial charge is 0.243 e. The van der Waals surface area contributed by atoms with Crippen molar-refractivity contribution in [1.82, 2.24) is 4.31 Å². The highest BCUT2D eigenvalue weighted by Crippen LogP contribution is 2.26. The van der Waals surface area contributed by atoms with E-state index in [0.29, 0.717) is 17.9 Å². The molecule has 2 rings (SSSR count). The minimum Gasteiger partial charge on any atom is -0.302 e. The number of rotatable bonds is 3. The van der Waals surface area contributed by atoms with Crippen LogP contribution in [0.25, 0.3) is 0 Å². The van der Waals surface area contributed by atoms with Gasteiger partial charge in [0.25, 0.3) is 0 Å². The molecule has 1 aromatic carbocycles. The highest BCUT2D eigenvalue weighted by Gasteiger charge is 2.33. The molecular weight excluding hydrogens is 262 g/mol. The lowest BCUT2D eigenvalue weighted by Crippen LogP contribution is -2.44. The van der Waals surface area contributed by atoms with Gasteiger partial charge >= 0.3 is 0 Å². The lowest BCUT2D eigenvalue weighted by molar-refractivity contribution is -0.111. The standard InChI is InChI=1S/C14H19NO3S/c1-11-6-7-14(12(2)9-11)19(17,18)15-8-4-3-5-13(15)10-16/h6-7,9-10,13H,3-5,8H2,1-2H3. The molecule has 5 heteroatoms. The van der Waals surface area contributed by atoms with Crippen LogP contribution in [0.15, 0.2) is 23.1 Å². The monoisotopic (exact) mass is 281 g/mol. The number of nitrogens with zero attached hydrogens (tertiary/aromatic N) is 1. The zero-order valence-electron chi connectivity index (χ0n) is 11.3. The predicted octanol–water partition coefficient (Wildman–Crippen LogP) is 2.05. The normalized spacial score (nSPS) is 21.3. The van der Waals surface area contributed by atoms with Crippen LogP contribution in [0.1, 0.15) is 30.4 Å². The maximum atomic E-state index is 12.7. The molecule has 1 heterocycles. The van der Waals surface area contributed by atoms with Gasteiger partial charge in [-0.2, -0.15) is 4.31 Å². The van der Waals surface area contributed by atoms with Gasteiger partial charge in [0.2, 0.25) is 10.0 Å². The summed E-state index contributed by atoms with van der Waals surface area (Å²) in [5, 5.41) is 0. The number of piperidine rings is 1. The van der Waals surface area contributed by atoms with Crippen LogP contribution in [0.2, 0.25) is 0 Å². The highest BCUT2D eigenvalue weighted by atomic mass is 32.2. The molecule has 1 unspecified atom stereocenters. The van der Waals surface area contributed by atoms with Crippen molar-refractivity contribution in [3.05, 3.63) is 29.3 Å². The minimum atomic E-state index is -3.57. The Morgan fingerprint density at radius 3 is 2.63 bits per heavy atom. The van der Waals surface area contributed by atoms with Gasteiger partial charge in [0.1, 0.15) is 6.29 Å². The van der Waals surface area contributed by atoms with E-state index in [2.05, 4.69) is 0 Å². The zero-order chi connectivity index (χ0) is 14.0. The Labute approximate surface area is 114 Å². The van der Waals surface area contributed by atoms with Crippen molar-refractivity contribution in [1.29, 1.82) is 0 Å². The van der Waals surface area contributed by atoms with Gasteiger partial charge in [0.15, 0.2) is 0 Å². The number of carbonyl (C=O) groups excluding carboxylic acids is 1. The van der Waals surface area contributed by atoms with E-state index in [9.17, 15) is 13.2 Å². The lowest BCUT2D eigenvalue weighted by atomic mass is 10.1. The van der Waals surface area contributed by atoms with Crippen molar-refractivity contribution < 1.29 is 13.2 Å². The van der Waals surface area contributed by atoms with Gasteiger partial charge in [0.05, 0.1) is 10.9 Å². The number of sulfonamides is 1. The minimum absolute atomic E-state index is 0.312. The average molecular weight is 281 g/mol. The Bertz CT molecular complexity index is 580. The van der Waals surface area contributed by atoms with Gasteiger partial charge in [-0.15, -0.1) is 0 Å². The summed E-state index contributed by atoms with van der Waals surface area (Å²) < 4.78 is 26.7. The summed E-state index contributed by atoms with van der Waals surface area (Å²) in [6, 6.07) is 4.77. The third-order valence-corrected chi connectivity index (χ3v) is 5.66. The Morgan fingerprint density at radius 1 is 1.26 bits per heavy atom. The molecule has 104 valence electrons. The van der Waals surface area contributed by atoms with Gasteiger partial charge in [-0.25, -0.2) is 8.42 Å². The van der Waals surface area contributed by atoms with Crippen LogP contribution in [0, 0.1) is 13.8 Å². The third kappa shape index (κ3) is 2.72. The van der Waals surface area contributed by atoms with E-state index < -0.39 is 16.1 Å². The SMILES string of the molecule is Cc1ccc(S(=O)(=O)N2CCCCC2C=O)c(C)c1. The van der Waals surface area contributed by atoms with Crippen molar-refractivity contribution in [2.24, 2.45) is 0 Å². The molecule has 0 N–H and O–H groups in total. The van der Waals surface area contributed by atoms with Gasteiger partial charge < -0.3 is 4.79 Å². The summed E-state index contributed by atoms with van der Waals surface area (Å²) in [4.78, 5) is 11.4. The summed E-state index contributed by atoms with van der Waals surface area (Å²) in [6.07, 6.45) is 3.09. The first-order chi connectivity index (χ1) is 8.96. The van der Waals surface area contributed by atoms with Gasteiger partial charge in [0, 0.05) is 6.54 Å². The fourth-order valence-electron chi connectivity index (χ4n) is 2.58. The van der Waals surface area contributed by atoms with E-state index in [1.54, 1.807) is 19.1 Å². The van der Waals surface area contributed by atoms with Crippen molar-refractivity contribution in [3.63, 3.8) is 0 Å². The molecule has 1 saturated heterocycles. The zero-order valence-corrected chi connectivity index (χ0v) is 12.1. The predicted molar refractivity (Wildman–Crippen MR) is 73.5 cm³/mol. The van der Waals surface area contributed by atoms with Crippen molar-refractivity contribution in [2.75, 3.05) is 6.54 Å². The molecule has 1 atom stereocenters. The van der Waals surface area contributed by atoms with E-state index in [4.69, 9.17) is 0 Å². The van der Waals surface area contributed by atoms with Crippen molar-refractivity contribution in [2.45, 2.75) is 44.0 Å². The van der Waals surface area contributed by atoms with Crippen molar-refractivity contribution >= 4 is 16.3 Å². The van der Waals surface area contributed by atoms with Crippen LogP contribution in [0.3, 0.4) is 0 Å². The topological polar surface area (TPSA) is 54.5 Å². The molecule has 1 aromatic rings. The van der Waals surface area contributed by atoms with E-state index in [1.807, 2.05) is 13.0 Å². The molecule has 0 spiro atoms. The third-order valence-electron chi connectivity index (χ3n) is 3.57. The summed E-state index contributed by atoms with van der Waals surface area (Å²) >= 11 is 0. The molecular formula is C14H19NO3S. The second-order valence-corrected chi connectivity index (χ2v) is 6.94. The van der Waals surface area contributed by atoms with E-state index in [0.717, 1.165) is 30.3 Å². The summed E-state index contributed by atoms with van der Waals surface area (Å²) in [6.45, 7) is 4.15. The molecule has 19 heavy (non-hydrogen) atoms. The molecule has 0 aliphatic carbocycles. The Hall–Kier alpha value is -1.20. The average Bonchev–Trinajstić information content (AvgIpc) is 2.38. The second-order valence-electron chi connectivity index (χ2n) is 5.08. The van der Waals surface area contributed by atoms with E-state index in [1.165, 1.54) is 4.31 Å². The largest absolute Gasteiger partial charge is 0.302 e. The Balaban J connectivity index is 2.43. The van der Waals surface area contributed by atoms with Crippen LogP contribution in [-0.4, -0.2) is 31.6 Å². The first kappa shape index (κ1) is 14.2. The molecule has 0 aromatic heterocycles. The van der Waals surface area contributed by atoms with Crippen LogP contribution in [0.5, 0.6) is 0 Å². The Kier molecular flexibility index (Phi) is 4.06. The van der Waals surface area contributed by atoms with E-state index in [-0.39, 0.29) is 0 Å². The van der Waals surface area contributed by atoms with Gasteiger partial charge in [-0.05, 0) is 38.3 Å². The first-order valence-electron chi connectivity index (χ1n) is 6.51. The fraction of sp³-hybridized carbons (Fsp3) is 0.500. The Morgan fingerprint density at radius 2 is 2.00 bits per heavy atom. The van der Waals surface area contributed by atoms with E-state index >= 15 is 0 Å². The highest BCUT2D eigenvalue weighted by molar-refractivity contribution is 7.89. The molecule has 0 saturated carbocycles. The molecule has 4 nitrogen and oxygen atoms in total. The number of hydrogen-bond acceptors (Lipinski definition) is 3. The molecule has 0 bridgehead atoms. The lowest BCUT2D eigenvalue weighted by Gasteiger charge is -2.31. The molecule has 1 aliphatic heterocycles. The number of aryl methyl sites for hydroxylation is 2. The summed E-state index contributed by atoms with van der Waals surface area (Å²) in [7, 11) is -3.57. The van der Waals surface area contributed by atoms with Crippen LogP contribution in [0.4, 0.5) is 0 Å². The number of carbonyl (C=O) groups is 1. The quantitative estimate of drug-likeness (QED) is 0.797. The number of aldehydes is 1.